The topological polar surface area (TPSA) is 60.3 Å². The molecule has 0 bridgehead atoms. The largest absolute Gasteiger partial charge is 0.489 e. The summed E-state index contributed by atoms with van der Waals surface area (Å²) in [5, 5.41) is 0. The van der Waals surface area contributed by atoms with Crippen molar-refractivity contribution in [3.8, 4) is 22.9 Å². The van der Waals surface area contributed by atoms with Gasteiger partial charge in [0, 0.05) is 18.6 Å². The van der Waals surface area contributed by atoms with Gasteiger partial charge in [-0.3, -0.25) is 0 Å². The summed E-state index contributed by atoms with van der Waals surface area (Å²) in [7, 11) is 0. The Morgan fingerprint density at radius 3 is 2.70 bits per heavy atom. The molecule has 0 unspecified atom stereocenters. The Morgan fingerprint density at radius 2 is 1.95 bits per heavy atom. The molecule has 1 aliphatic heterocycles. The minimum absolute atomic E-state index is 0.658. The van der Waals surface area contributed by atoms with Gasteiger partial charge in [0.2, 0.25) is 0 Å². The maximum Gasteiger partial charge on any atom is 0.179 e. The standard InChI is InChI=1S/C14H11BrN2O3/c15-13-8(2-5-20-13)14-16-9-6-11-12(7-10(9)17-14)19-4-1-3-18-11/h2,5-7H,1,3-4H2,(H,16,17). The van der Waals surface area contributed by atoms with E-state index in [1.165, 1.54) is 0 Å². The molecule has 1 aromatic carbocycles. The molecule has 0 saturated heterocycles. The van der Waals surface area contributed by atoms with Crippen LogP contribution in [0.5, 0.6) is 11.5 Å². The molecule has 0 radical (unpaired) electrons. The summed E-state index contributed by atoms with van der Waals surface area (Å²) in [4.78, 5) is 7.85. The predicted molar refractivity (Wildman–Crippen MR) is 77.1 cm³/mol. The molecule has 4 rings (SSSR count). The Morgan fingerprint density at radius 1 is 1.15 bits per heavy atom. The lowest BCUT2D eigenvalue weighted by atomic mass is 10.3. The van der Waals surface area contributed by atoms with Gasteiger partial charge in [-0.25, -0.2) is 4.98 Å². The minimum Gasteiger partial charge on any atom is -0.489 e. The van der Waals surface area contributed by atoms with Crippen LogP contribution in [0.25, 0.3) is 22.4 Å². The molecular weight excluding hydrogens is 324 g/mol. The Hall–Kier alpha value is -1.95. The molecule has 0 aliphatic carbocycles. The number of H-pyrrole nitrogens is 1. The van der Waals surface area contributed by atoms with E-state index in [2.05, 4.69) is 25.9 Å². The number of ether oxygens (including phenoxy) is 2. The first-order chi connectivity index (χ1) is 9.81. The Kier molecular flexibility index (Phi) is 2.70. The van der Waals surface area contributed by atoms with Gasteiger partial charge in [0.25, 0.3) is 0 Å². The molecule has 1 aliphatic rings. The van der Waals surface area contributed by atoms with Gasteiger partial charge in [0.1, 0.15) is 5.82 Å². The summed E-state index contributed by atoms with van der Waals surface area (Å²) in [5.74, 6) is 2.26. The van der Waals surface area contributed by atoms with E-state index in [1.807, 2.05) is 18.2 Å². The molecule has 3 aromatic rings. The van der Waals surface area contributed by atoms with Crippen LogP contribution in [0.15, 0.2) is 33.5 Å². The van der Waals surface area contributed by atoms with Crippen molar-refractivity contribution < 1.29 is 13.9 Å². The summed E-state index contributed by atoms with van der Waals surface area (Å²) in [5.41, 5.74) is 2.65. The van der Waals surface area contributed by atoms with E-state index >= 15 is 0 Å². The van der Waals surface area contributed by atoms with Gasteiger partial charge in [-0.2, -0.15) is 0 Å². The fourth-order valence-electron chi connectivity index (χ4n) is 2.26. The second kappa shape index (κ2) is 4.56. The summed E-state index contributed by atoms with van der Waals surface area (Å²) in [6.07, 6.45) is 2.51. The number of rotatable bonds is 1. The third kappa shape index (κ3) is 1.87. The molecule has 0 saturated carbocycles. The van der Waals surface area contributed by atoms with E-state index < -0.39 is 0 Å². The highest BCUT2D eigenvalue weighted by atomic mass is 79.9. The van der Waals surface area contributed by atoms with Crippen LogP contribution in [0, 0.1) is 0 Å². The lowest BCUT2D eigenvalue weighted by molar-refractivity contribution is 0.297. The number of aromatic amines is 1. The van der Waals surface area contributed by atoms with Crippen LogP contribution >= 0.6 is 15.9 Å². The van der Waals surface area contributed by atoms with Crippen molar-refractivity contribution in [1.82, 2.24) is 9.97 Å². The van der Waals surface area contributed by atoms with Crippen molar-refractivity contribution >= 4 is 27.0 Å². The summed E-state index contributed by atoms with van der Waals surface area (Å²) >= 11 is 3.36. The average Bonchev–Trinajstić information content (AvgIpc) is 2.96. The molecule has 20 heavy (non-hydrogen) atoms. The van der Waals surface area contributed by atoms with Crippen molar-refractivity contribution in [2.24, 2.45) is 0 Å². The van der Waals surface area contributed by atoms with Gasteiger partial charge in [0.05, 0.1) is 36.1 Å². The number of nitrogens with one attached hydrogen (secondary N) is 1. The second-order valence-corrected chi connectivity index (χ2v) is 5.28. The first-order valence-electron chi connectivity index (χ1n) is 6.34. The van der Waals surface area contributed by atoms with Crippen LogP contribution in [0.3, 0.4) is 0 Å². The third-order valence-corrected chi connectivity index (χ3v) is 3.84. The number of hydrogen-bond acceptors (Lipinski definition) is 4. The quantitative estimate of drug-likeness (QED) is 0.736. The van der Waals surface area contributed by atoms with Crippen molar-refractivity contribution in [2.45, 2.75) is 6.42 Å². The molecule has 3 heterocycles. The highest BCUT2D eigenvalue weighted by Gasteiger charge is 2.16. The van der Waals surface area contributed by atoms with Crippen molar-refractivity contribution in [2.75, 3.05) is 13.2 Å². The molecule has 0 atom stereocenters. The Balaban J connectivity index is 1.86. The Labute approximate surface area is 123 Å². The van der Waals surface area contributed by atoms with E-state index in [9.17, 15) is 0 Å². The smallest absolute Gasteiger partial charge is 0.179 e. The maximum absolute atomic E-state index is 5.68. The van der Waals surface area contributed by atoms with E-state index in [0.717, 1.165) is 40.3 Å². The maximum atomic E-state index is 5.68. The molecule has 0 fully saturated rings. The molecule has 102 valence electrons. The lowest BCUT2D eigenvalue weighted by Gasteiger charge is -2.05. The number of hydrogen-bond donors (Lipinski definition) is 1. The summed E-state index contributed by atoms with van der Waals surface area (Å²) in [6, 6.07) is 5.70. The van der Waals surface area contributed by atoms with Crippen molar-refractivity contribution in [3.05, 3.63) is 29.1 Å². The third-order valence-electron chi connectivity index (χ3n) is 3.22. The zero-order chi connectivity index (χ0) is 13.5. The van der Waals surface area contributed by atoms with Gasteiger partial charge in [-0.05, 0) is 22.0 Å². The summed E-state index contributed by atoms with van der Waals surface area (Å²) < 4.78 is 17.2. The zero-order valence-electron chi connectivity index (χ0n) is 10.5. The normalized spacial score (nSPS) is 14.4. The molecule has 2 aromatic heterocycles. The fraction of sp³-hybridized carbons (Fsp3) is 0.214. The van der Waals surface area contributed by atoms with Gasteiger partial charge >= 0.3 is 0 Å². The monoisotopic (exact) mass is 334 g/mol. The van der Waals surface area contributed by atoms with Crippen molar-refractivity contribution in [3.63, 3.8) is 0 Å². The number of aromatic nitrogens is 2. The molecule has 0 amide bonds. The van der Waals surface area contributed by atoms with Crippen LogP contribution in [0.1, 0.15) is 6.42 Å². The van der Waals surface area contributed by atoms with Crippen LogP contribution in [0.2, 0.25) is 0 Å². The zero-order valence-corrected chi connectivity index (χ0v) is 12.1. The van der Waals surface area contributed by atoms with E-state index in [0.29, 0.717) is 17.9 Å². The number of furan rings is 1. The molecule has 5 nitrogen and oxygen atoms in total. The van der Waals surface area contributed by atoms with Gasteiger partial charge in [0.15, 0.2) is 16.2 Å². The Bertz CT molecular complexity index is 735. The van der Waals surface area contributed by atoms with E-state index in [1.54, 1.807) is 6.26 Å². The summed E-state index contributed by atoms with van der Waals surface area (Å²) in [6.45, 7) is 1.34. The molecule has 0 spiro atoms. The van der Waals surface area contributed by atoms with Gasteiger partial charge in [-0.1, -0.05) is 0 Å². The highest BCUT2D eigenvalue weighted by molar-refractivity contribution is 9.10. The van der Waals surface area contributed by atoms with Crippen LogP contribution < -0.4 is 9.47 Å². The highest BCUT2D eigenvalue weighted by Crippen LogP contribution is 2.35. The van der Waals surface area contributed by atoms with E-state index in [-0.39, 0.29) is 0 Å². The van der Waals surface area contributed by atoms with Crippen molar-refractivity contribution in [1.29, 1.82) is 0 Å². The molecule has 1 N–H and O–H groups in total. The SMILES string of the molecule is Brc1occc1-c1nc2cc3c(cc2[nH]1)OCCCO3. The van der Waals surface area contributed by atoms with E-state index in [4.69, 9.17) is 13.9 Å². The number of fused-ring (bicyclic) bond motifs is 2. The van der Waals surface area contributed by atoms with Crippen LogP contribution in [-0.4, -0.2) is 23.2 Å². The first-order valence-corrected chi connectivity index (χ1v) is 7.13. The fourth-order valence-corrected chi connectivity index (χ4v) is 2.68. The number of benzene rings is 1. The van der Waals surface area contributed by atoms with Gasteiger partial charge in [-0.15, -0.1) is 0 Å². The van der Waals surface area contributed by atoms with Crippen LogP contribution in [0.4, 0.5) is 0 Å². The molecular formula is C14H11BrN2O3. The van der Waals surface area contributed by atoms with Crippen LogP contribution in [-0.2, 0) is 0 Å². The number of imidazole rings is 1. The number of halogens is 1. The average molecular weight is 335 g/mol. The lowest BCUT2D eigenvalue weighted by Crippen LogP contribution is -1.97. The predicted octanol–water partition coefficient (Wildman–Crippen LogP) is 3.75. The minimum atomic E-state index is 0.658. The second-order valence-electron chi connectivity index (χ2n) is 4.56. The first kappa shape index (κ1) is 11.8. The van der Waals surface area contributed by atoms with Gasteiger partial charge < -0.3 is 18.9 Å². The number of nitrogens with zero attached hydrogens (tertiary/aromatic N) is 1. The molecule has 6 heteroatoms.